The van der Waals surface area contributed by atoms with E-state index in [-0.39, 0.29) is 5.91 Å². The highest BCUT2D eigenvalue weighted by atomic mass is 16.1. The summed E-state index contributed by atoms with van der Waals surface area (Å²) in [6, 6.07) is 3.84. The molecule has 0 saturated carbocycles. The third-order valence-electron chi connectivity index (χ3n) is 3.56. The van der Waals surface area contributed by atoms with Crippen LogP contribution in [-0.4, -0.2) is 43.0 Å². The molecule has 1 heterocycles. The molecule has 3 N–H and O–H groups in total. The molecule has 24 heavy (non-hydrogen) atoms. The van der Waals surface area contributed by atoms with Gasteiger partial charge in [0.15, 0.2) is 5.96 Å². The summed E-state index contributed by atoms with van der Waals surface area (Å²) in [7, 11) is 1.75. The Morgan fingerprint density at radius 1 is 1.29 bits per heavy atom. The van der Waals surface area contributed by atoms with Crippen LogP contribution in [0.3, 0.4) is 0 Å². The predicted molar refractivity (Wildman–Crippen MR) is 99.2 cm³/mol. The highest BCUT2D eigenvalue weighted by molar-refractivity contribution is 5.93. The highest BCUT2D eigenvalue weighted by Crippen LogP contribution is 2.21. The van der Waals surface area contributed by atoms with Crippen LogP contribution >= 0.6 is 0 Å². The Morgan fingerprint density at radius 2 is 2.00 bits per heavy atom. The van der Waals surface area contributed by atoms with Gasteiger partial charge in [-0.05, 0) is 37.3 Å². The molecule has 1 aromatic heterocycles. The normalized spacial score (nSPS) is 13.3. The van der Waals surface area contributed by atoms with E-state index in [4.69, 9.17) is 0 Å². The largest absolute Gasteiger partial charge is 0.355 e. The van der Waals surface area contributed by atoms with Crippen LogP contribution in [0.25, 0.3) is 0 Å². The first-order valence-electron chi connectivity index (χ1n) is 8.47. The molecule has 0 aliphatic rings. The van der Waals surface area contributed by atoms with Crippen molar-refractivity contribution in [2.75, 3.05) is 20.1 Å². The summed E-state index contributed by atoms with van der Waals surface area (Å²) in [6.45, 7) is 10.0. The molecule has 0 aliphatic carbocycles. The molecule has 1 rings (SSSR count). The van der Waals surface area contributed by atoms with Gasteiger partial charge in [-0.2, -0.15) is 0 Å². The first kappa shape index (κ1) is 19.9. The number of guanidine groups is 1. The number of hydrogen-bond acceptors (Lipinski definition) is 3. The Bertz CT molecular complexity index is 522. The zero-order valence-electron chi connectivity index (χ0n) is 15.5. The lowest BCUT2D eigenvalue weighted by Gasteiger charge is -2.23. The molecule has 1 atom stereocenters. The summed E-state index contributed by atoms with van der Waals surface area (Å²) < 4.78 is 0. The van der Waals surface area contributed by atoms with Crippen molar-refractivity contribution in [3.8, 4) is 0 Å². The Morgan fingerprint density at radius 3 is 2.58 bits per heavy atom. The summed E-state index contributed by atoms with van der Waals surface area (Å²) in [5.41, 5.74) is 0.902. The molecular formula is C18H31N5O. The molecular weight excluding hydrogens is 302 g/mol. The maximum Gasteiger partial charge on any atom is 0.252 e. The van der Waals surface area contributed by atoms with Crippen LogP contribution in [0.2, 0.25) is 0 Å². The average Bonchev–Trinajstić information content (AvgIpc) is 2.55. The van der Waals surface area contributed by atoms with Crippen molar-refractivity contribution in [1.82, 2.24) is 20.9 Å². The molecule has 1 unspecified atom stereocenters. The number of nitrogens with zero attached hydrogens (tertiary/aromatic N) is 2. The zero-order valence-corrected chi connectivity index (χ0v) is 15.5. The average molecular weight is 333 g/mol. The van der Waals surface area contributed by atoms with Gasteiger partial charge in [-0.15, -0.1) is 0 Å². The molecule has 0 radical (unpaired) electrons. The molecule has 0 saturated heterocycles. The van der Waals surface area contributed by atoms with E-state index in [1.165, 1.54) is 0 Å². The second-order valence-corrected chi connectivity index (χ2v) is 7.14. The second-order valence-electron chi connectivity index (χ2n) is 7.14. The predicted octanol–water partition coefficient (Wildman–Crippen LogP) is 2.19. The van der Waals surface area contributed by atoms with Crippen molar-refractivity contribution < 1.29 is 4.79 Å². The van der Waals surface area contributed by atoms with E-state index in [9.17, 15) is 4.79 Å². The van der Waals surface area contributed by atoms with Gasteiger partial charge in [0.1, 0.15) is 0 Å². The Kier molecular flexibility index (Phi) is 8.22. The van der Waals surface area contributed by atoms with E-state index < -0.39 is 0 Å². The fourth-order valence-corrected chi connectivity index (χ4v) is 2.11. The number of hydrogen-bond donors (Lipinski definition) is 3. The van der Waals surface area contributed by atoms with Gasteiger partial charge in [0.05, 0.1) is 5.56 Å². The smallest absolute Gasteiger partial charge is 0.252 e. The first-order valence-corrected chi connectivity index (χ1v) is 8.47. The number of amides is 1. The minimum absolute atomic E-state index is 0.119. The van der Waals surface area contributed by atoms with Crippen LogP contribution in [0.15, 0.2) is 29.5 Å². The van der Waals surface area contributed by atoms with Crippen LogP contribution in [-0.2, 0) is 0 Å². The molecule has 0 aromatic carbocycles. The number of aliphatic imine (C=N–C) groups is 1. The summed E-state index contributed by atoms with van der Waals surface area (Å²) >= 11 is 0. The summed E-state index contributed by atoms with van der Waals surface area (Å²) in [6.07, 6.45) is 5.44. The van der Waals surface area contributed by atoms with Gasteiger partial charge >= 0.3 is 0 Å². The molecule has 0 spiro atoms. The zero-order chi connectivity index (χ0) is 18.0. The molecule has 1 amide bonds. The minimum atomic E-state index is -0.119. The maximum absolute atomic E-state index is 11.9. The van der Waals surface area contributed by atoms with E-state index in [2.05, 4.69) is 53.6 Å². The van der Waals surface area contributed by atoms with Crippen molar-refractivity contribution in [1.29, 1.82) is 0 Å². The van der Waals surface area contributed by atoms with E-state index in [1.807, 2.05) is 0 Å². The maximum atomic E-state index is 11.9. The molecule has 6 heteroatoms. The summed E-state index contributed by atoms with van der Waals surface area (Å²) in [4.78, 5) is 20.0. The van der Waals surface area contributed by atoms with Gasteiger partial charge in [0.2, 0.25) is 0 Å². The lowest BCUT2D eigenvalue weighted by atomic mass is 9.89. The SMILES string of the molecule is CN=C(NCCNC(=O)c1cccnc1)NC(C)CCC(C)(C)C. The van der Waals surface area contributed by atoms with E-state index in [0.29, 0.717) is 30.1 Å². The Balaban J connectivity index is 2.26. The highest BCUT2D eigenvalue weighted by Gasteiger charge is 2.13. The molecule has 134 valence electrons. The Hall–Kier alpha value is -2.11. The van der Waals surface area contributed by atoms with Gasteiger partial charge in [-0.3, -0.25) is 14.8 Å². The third-order valence-corrected chi connectivity index (χ3v) is 3.56. The molecule has 0 bridgehead atoms. The number of nitrogens with one attached hydrogen (secondary N) is 3. The molecule has 0 fully saturated rings. The van der Waals surface area contributed by atoms with Crippen LogP contribution in [0.1, 0.15) is 50.9 Å². The van der Waals surface area contributed by atoms with Crippen molar-refractivity contribution >= 4 is 11.9 Å². The molecule has 1 aromatic rings. The lowest BCUT2D eigenvalue weighted by molar-refractivity contribution is 0.0954. The van der Waals surface area contributed by atoms with Gasteiger partial charge in [0, 0.05) is 38.6 Å². The Labute approximate surface area is 145 Å². The van der Waals surface area contributed by atoms with Crippen molar-refractivity contribution in [3.05, 3.63) is 30.1 Å². The fourth-order valence-electron chi connectivity index (χ4n) is 2.11. The molecule has 6 nitrogen and oxygen atoms in total. The first-order chi connectivity index (χ1) is 11.3. The van der Waals surface area contributed by atoms with Gasteiger partial charge in [-0.1, -0.05) is 20.8 Å². The fraction of sp³-hybridized carbons (Fsp3) is 0.611. The van der Waals surface area contributed by atoms with Crippen LogP contribution in [0.4, 0.5) is 0 Å². The van der Waals surface area contributed by atoms with Gasteiger partial charge in [-0.25, -0.2) is 0 Å². The number of pyridine rings is 1. The van der Waals surface area contributed by atoms with E-state index in [1.54, 1.807) is 31.6 Å². The van der Waals surface area contributed by atoms with Gasteiger partial charge in [0.25, 0.3) is 5.91 Å². The number of rotatable bonds is 7. The lowest BCUT2D eigenvalue weighted by Crippen LogP contribution is -2.45. The summed E-state index contributed by atoms with van der Waals surface area (Å²) in [5.74, 6) is 0.637. The van der Waals surface area contributed by atoms with Crippen molar-refractivity contribution in [2.24, 2.45) is 10.4 Å². The minimum Gasteiger partial charge on any atom is -0.355 e. The van der Waals surface area contributed by atoms with E-state index in [0.717, 1.165) is 18.8 Å². The summed E-state index contributed by atoms with van der Waals surface area (Å²) in [5, 5.41) is 9.44. The number of carbonyl (C=O) groups excluding carboxylic acids is 1. The van der Waals surface area contributed by atoms with Crippen molar-refractivity contribution in [2.45, 2.75) is 46.6 Å². The van der Waals surface area contributed by atoms with Crippen LogP contribution in [0.5, 0.6) is 0 Å². The third kappa shape index (κ3) is 8.50. The monoisotopic (exact) mass is 333 g/mol. The van der Waals surface area contributed by atoms with E-state index >= 15 is 0 Å². The van der Waals surface area contributed by atoms with Gasteiger partial charge < -0.3 is 16.0 Å². The van der Waals surface area contributed by atoms with Crippen LogP contribution in [0, 0.1) is 5.41 Å². The quantitative estimate of drug-likeness (QED) is 0.406. The molecule has 0 aliphatic heterocycles. The standard InChI is InChI=1S/C18H31N5O/c1-14(8-9-18(2,3)4)23-17(19-5)22-12-11-21-16(24)15-7-6-10-20-13-15/h6-7,10,13-14H,8-9,11-12H2,1-5H3,(H,21,24)(H2,19,22,23). The van der Waals surface area contributed by atoms with Crippen LogP contribution < -0.4 is 16.0 Å². The second kappa shape index (κ2) is 9.90. The number of aromatic nitrogens is 1. The number of carbonyl (C=O) groups is 1. The topological polar surface area (TPSA) is 78.4 Å². The van der Waals surface area contributed by atoms with Crippen molar-refractivity contribution in [3.63, 3.8) is 0 Å².